The number of methoxy groups -OCH3 is 1. The number of ether oxygens (including phenoxy) is 1. The van der Waals surface area contributed by atoms with Gasteiger partial charge in [0.25, 0.3) is 5.91 Å². The zero-order chi connectivity index (χ0) is 29.3. The van der Waals surface area contributed by atoms with Gasteiger partial charge in [0.15, 0.2) is 0 Å². The Labute approximate surface area is 249 Å². The zero-order valence-electron chi connectivity index (χ0n) is 23.0. The van der Waals surface area contributed by atoms with Crippen molar-refractivity contribution in [2.75, 3.05) is 20.4 Å². The molecule has 1 atom stereocenters. The fourth-order valence-corrected chi connectivity index (χ4v) is 7.89. The van der Waals surface area contributed by atoms with Gasteiger partial charge in [0.05, 0.1) is 33.0 Å². The van der Waals surface area contributed by atoms with Crippen LogP contribution in [0.1, 0.15) is 40.9 Å². The third kappa shape index (κ3) is 5.91. The molecule has 0 spiro atoms. The molecule has 1 heterocycles. The largest absolute Gasteiger partial charge is 0.496 e. The van der Waals surface area contributed by atoms with Crippen molar-refractivity contribution in [2.24, 2.45) is 0 Å². The molecule has 1 saturated carbocycles. The Morgan fingerprint density at radius 3 is 2.46 bits per heavy atom. The highest BCUT2D eigenvalue weighted by Crippen LogP contribution is 2.41. The van der Waals surface area contributed by atoms with Gasteiger partial charge in [-0.05, 0) is 74.2 Å². The van der Waals surface area contributed by atoms with Crippen LogP contribution < -0.4 is 10.1 Å². The van der Waals surface area contributed by atoms with E-state index in [1.807, 2.05) is 49.5 Å². The van der Waals surface area contributed by atoms with Crippen LogP contribution in [0.2, 0.25) is 5.02 Å². The molecule has 5 rings (SSSR count). The van der Waals surface area contributed by atoms with Crippen molar-refractivity contribution in [3.8, 4) is 16.9 Å². The van der Waals surface area contributed by atoms with Crippen molar-refractivity contribution in [1.82, 2.24) is 10.2 Å². The molecule has 0 saturated heterocycles. The minimum atomic E-state index is -1.20. The average Bonchev–Trinajstić information content (AvgIpc) is 3.35. The van der Waals surface area contributed by atoms with Gasteiger partial charge in [-0.15, -0.1) is 11.3 Å². The van der Waals surface area contributed by atoms with Crippen molar-refractivity contribution in [3.63, 3.8) is 0 Å². The number of halogens is 3. The molecule has 1 fully saturated rings. The van der Waals surface area contributed by atoms with Gasteiger partial charge in [0.2, 0.25) is 0 Å². The van der Waals surface area contributed by atoms with Gasteiger partial charge in [0, 0.05) is 35.3 Å². The molecule has 10 heteroatoms. The predicted molar refractivity (Wildman–Crippen MR) is 162 cm³/mol. The molecule has 1 aliphatic carbocycles. The Bertz CT molecular complexity index is 1620. The number of nitrogens with one attached hydrogen (secondary N) is 1. The SMILES string of the molecule is CNC1CCC(N(Cc2cc(-c3ccccc3S(C)=O)ccc2OC)C(=O)c2sc3c(F)ccc(F)c3c2Cl)CC1. The summed E-state index contributed by atoms with van der Waals surface area (Å²) in [7, 11) is 2.31. The molecule has 1 aromatic heterocycles. The van der Waals surface area contributed by atoms with Gasteiger partial charge in [-0.25, -0.2) is 8.78 Å². The van der Waals surface area contributed by atoms with E-state index in [9.17, 15) is 17.8 Å². The second-order valence-electron chi connectivity index (χ2n) is 10.2. The molecule has 1 N–H and O–H groups in total. The second kappa shape index (κ2) is 12.6. The van der Waals surface area contributed by atoms with Crippen LogP contribution in [0, 0.1) is 11.6 Å². The van der Waals surface area contributed by atoms with E-state index in [0.29, 0.717) is 16.7 Å². The van der Waals surface area contributed by atoms with E-state index in [0.717, 1.165) is 65.8 Å². The van der Waals surface area contributed by atoms with E-state index in [4.69, 9.17) is 16.3 Å². The molecule has 3 aromatic carbocycles. The van der Waals surface area contributed by atoms with Gasteiger partial charge in [-0.3, -0.25) is 9.00 Å². The summed E-state index contributed by atoms with van der Waals surface area (Å²) in [6, 6.07) is 15.6. The van der Waals surface area contributed by atoms with Crippen molar-refractivity contribution in [1.29, 1.82) is 0 Å². The maximum Gasteiger partial charge on any atom is 0.266 e. The third-order valence-electron chi connectivity index (χ3n) is 7.81. The minimum absolute atomic E-state index is 0.0287. The molecule has 0 radical (unpaired) electrons. The van der Waals surface area contributed by atoms with Gasteiger partial charge >= 0.3 is 0 Å². The number of hydrogen-bond donors (Lipinski definition) is 1. The molecule has 1 unspecified atom stereocenters. The maximum atomic E-state index is 14.7. The summed E-state index contributed by atoms with van der Waals surface area (Å²) in [5.74, 6) is -1.05. The molecule has 0 bridgehead atoms. The predicted octanol–water partition coefficient (Wildman–Crippen LogP) is 7.42. The van der Waals surface area contributed by atoms with E-state index in [-0.39, 0.29) is 38.5 Å². The topological polar surface area (TPSA) is 58.6 Å². The van der Waals surface area contributed by atoms with E-state index >= 15 is 0 Å². The number of carbonyl (C=O) groups excluding carboxylic acids is 1. The summed E-state index contributed by atoms with van der Waals surface area (Å²) in [5.41, 5.74) is 2.45. The molecular weight excluding hydrogens is 586 g/mol. The number of fused-ring (bicyclic) bond motifs is 1. The molecule has 41 heavy (non-hydrogen) atoms. The van der Waals surface area contributed by atoms with Crippen molar-refractivity contribution in [2.45, 2.75) is 49.2 Å². The zero-order valence-corrected chi connectivity index (χ0v) is 25.4. The minimum Gasteiger partial charge on any atom is -0.496 e. The Morgan fingerprint density at radius 1 is 1.10 bits per heavy atom. The van der Waals surface area contributed by atoms with Crippen LogP contribution >= 0.6 is 22.9 Å². The highest BCUT2D eigenvalue weighted by Gasteiger charge is 2.33. The number of rotatable bonds is 8. The van der Waals surface area contributed by atoms with Crippen LogP contribution in [-0.4, -0.2) is 47.5 Å². The van der Waals surface area contributed by atoms with Gasteiger partial charge in [0.1, 0.15) is 22.3 Å². The summed E-state index contributed by atoms with van der Waals surface area (Å²) >= 11 is 7.44. The van der Waals surface area contributed by atoms with Crippen molar-refractivity contribution in [3.05, 3.63) is 81.7 Å². The second-order valence-corrected chi connectivity index (χ2v) is 12.9. The monoisotopic (exact) mass is 616 g/mol. The number of hydrogen-bond acceptors (Lipinski definition) is 5. The molecule has 4 aromatic rings. The Morgan fingerprint density at radius 2 is 1.80 bits per heavy atom. The normalized spacial score (nSPS) is 17.9. The number of carbonyl (C=O) groups is 1. The Hall–Kier alpha value is -2.85. The fraction of sp³-hybridized carbons (Fsp3) is 0.323. The first-order valence-electron chi connectivity index (χ1n) is 13.4. The number of nitrogens with zero attached hydrogens (tertiary/aromatic N) is 1. The highest BCUT2D eigenvalue weighted by atomic mass is 35.5. The van der Waals surface area contributed by atoms with E-state index in [2.05, 4.69) is 5.32 Å². The Kier molecular flexibility index (Phi) is 9.09. The number of benzene rings is 3. The third-order valence-corrected chi connectivity index (χ3v) is 10.5. The lowest BCUT2D eigenvalue weighted by Crippen LogP contribution is -2.44. The van der Waals surface area contributed by atoms with Crippen molar-refractivity contribution < 1.29 is 22.5 Å². The van der Waals surface area contributed by atoms with Crippen LogP contribution in [0.3, 0.4) is 0 Å². The van der Waals surface area contributed by atoms with Crippen molar-refractivity contribution >= 4 is 49.7 Å². The molecule has 216 valence electrons. The summed E-state index contributed by atoms with van der Waals surface area (Å²) in [4.78, 5) is 16.8. The lowest BCUT2D eigenvalue weighted by atomic mass is 9.89. The first-order chi connectivity index (χ1) is 19.7. The molecule has 0 aliphatic heterocycles. The van der Waals surface area contributed by atoms with E-state index < -0.39 is 22.4 Å². The number of thiophene rings is 1. The molecular formula is C31H31ClF2N2O3S2. The summed E-state index contributed by atoms with van der Waals surface area (Å²) < 4.78 is 47.5. The van der Waals surface area contributed by atoms with Gasteiger partial charge in [-0.1, -0.05) is 35.9 Å². The number of amides is 1. The smallest absolute Gasteiger partial charge is 0.266 e. The summed E-state index contributed by atoms with van der Waals surface area (Å²) in [6.07, 6.45) is 4.96. The quantitative estimate of drug-likeness (QED) is 0.224. The highest BCUT2D eigenvalue weighted by molar-refractivity contribution is 7.84. The van der Waals surface area contributed by atoms with Gasteiger partial charge in [-0.2, -0.15) is 0 Å². The Balaban J connectivity index is 1.58. The van der Waals surface area contributed by atoms with E-state index in [1.165, 1.54) is 0 Å². The van der Waals surface area contributed by atoms with Crippen LogP contribution in [0.4, 0.5) is 8.78 Å². The summed E-state index contributed by atoms with van der Waals surface area (Å²) in [5, 5.41) is 3.19. The molecule has 5 nitrogen and oxygen atoms in total. The lowest BCUT2D eigenvalue weighted by Gasteiger charge is -2.37. The first kappa shape index (κ1) is 29.6. The summed E-state index contributed by atoms with van der Waals surface area (Å²) in [6.45, 7) is 0.206. The van der Waals surface area contributed by atoms with Crippen LogP contribution in [-0.2, 0) is 17.3 Å². The molecule has 1 aliphatic rings. The standard InChI is InChI=1S/C31H31ClF2N2O3S2/c1-35-20-9-11-21(12-10-20)36(31(37)30-28(32)27-23(33)13-14-24(34)29(27)40-30)17-19-16-18(8-15-25(19)39-2)22-6-4-5-7-26(22)41(3)38/h4-8,13-16,20-21,35H,9-12,17H2,1-3H3. The van der Waals surface area contributed by atoms with Gasteiger partial charge < -0.3 is 15.0 Å². The lowest BCUT2D eigenvalue weighted by molar-refractivity contribution is 0.0604. The van der Waals surface area contributed by atoms with Crippen LogP contribution in [0.5, 0.6) is 5.75 Å². The van der Waals surface area contributed by atoms with Crippen LogP contribution in [0.15, 0.2) is 59.5 Å². The fourth-order valence-electron chi connectivity index (χ4n) is 5.62. The first-order valence-corrected chi connectivity index (χ1v) is 16.1. The maximum absolute atomic E-state index is 14.7. The molecule has 1 amide bonds. The van der Waals surface area contributed by atoms with Crippen LogP contribution in [0.25, 0.3) is 21.2 Å². The van der Waals surface area contributed by atoms with E-state index in [1.54, 1.807) is 18.3 Å². The average molecular weight is 617 g/mol.